The Morgan fingerprint density at radius 1 is 1.24 bits per heavy atom. The average Bonchev–Trinajstić information content (AvgIpc) is 2.47. The molecule has 2 heterocycles. The summed E-state index contributed by atoms with van der Waals surface area (Å²) in [7, 11) is -1.21. The lowest BCUT2D eigenvalue weighted by atomic mass is 9.85. The van der Waals surface area contributed by atoms with Crippen LogP contribution in [-0.4, -0.2) is 50.3 Å². The largest absolute Gasteiger partial charge is 0.303 e. The van der Waals surface area contributed by atoms with E-state index in [2.05, 4.69) is 27.9 Å². The second-order valence-electron chi connectivity index (χ2n) is 6.06. The molecule has 2 fully saturated rings. The lowest BCUT2D eigenvalue weighted by Crippen LogP contribution is -2.53. The predicted molar refractivity (Wildman–Crippen MR) is 86.7 cm³/mol. The van der Waals surface area contributed by atoms with Gasteiger partial charge in [-0.1, -0.05) is 22.0 Å². The van der Waals surface area contributed by atoms with Crippen molar-refractivity contribution in [1.29, 1.82) is 0 Å². The number of piperidine rings is 2. The van der Waals surface area contributed by atoms with E-state index >= 15 is 0 Å². The van der Waals surface area contributed by atoms with Gasteiger partial charge in [0, 0.05) is 23.6 Å². The molecule has 0 radical (unpaired) electrons. The van der Waals surface area contributed by atoms with E-state index < -0.39 is 10.0 Å². The van der Waals surface area contributed by atoms with E-state index in [0.717, 1.165) is 23.9 Å². The molecular weight excluding hydrogens is 352 g/mol. The van der Waals surface area contributed by atoms with Crippen LogP contribution in [0.25, 0.3) is 0 Å². The summed E-state index contributed by atoms with van der Waals surface area (Å²) in [6, 6.07) is 7.54. The Hall–Kier alpha value is -0.430. The maximum atomic E-state index is 12.8. The summed E-state index contributed by atoms with van der Waals surface area (Å²) in [5.74, 6) is 0.472. The number of hydrogen-bond donors (Lipinski definition) is 0. The molecule has 116 valence electrons. The van der Waals surface area contributed by atoms with Crippen molar-refractivity contribution in [3.8, 4) is 0 Å². The average molecular weight is 373 g/mol. The summed E-state index contributed by atoms with van der Waals surface area (Å²) in [5, 5.41) is 0. The highest BCUT2D eigenvalue weighted by molar-refractivity contribution is 9.10. The van der Waals surface area contributed by atoms with E-state index in [4.69, 9.17) is 0 Å². The van der Waals surface area contributed by atoms with Crippen molar-refractivity contribution in [3.05, 3.63) is 28.7 Å². The molecule has 1 aromatic rings. The Morgan fingerprint density at radius 2 is 2.05 bits per heavy atom. The Labute approximate surface area is 135 Å². The second kappa shape index (κ2) is 5.99. The standard InChI is InChI=1S/C15H21BrN2O2S/c1-17-8-3-4-12-11-18(9-7-15(12)17)21(19,20)14-6-2-5-13(16)10-14/h2,5-6,10,12,15H,3-4,7-9,11H2,1H3. The summed E-state index contributed by atoms with van der Waals surface area (Å²) >= 11 is 3.35. The maximum Gasteiger partial charge on any atom is 0.243 e. The number of likely N-dealkylation sites (tertiary alicyclic amines) is 1. The molecule has 2 aliphatic rings. The number of hydrogen-bond acceptors (Lipinski definition) is 3. The summed E-state index contributed by atoms with van der Waals surface area (Å²) < 4.78 is 28.1. The third-order valence-electron chi connectivity index (χ3n) is 4.74. The summed E-state index contributed by atoms with van der Waals surface area (Å²) in [5.41, 5.74) is 0. The molecule has 0 aromatic heterocycles. The molecule has 1 aromatic carbocycles. The lowest BCUT2D eigenvalue weighted by molar-refractivity contribution is 0.0671. The van der Waals surface area contributed by atoms with Crippen molar-refractivity contribution < 1.29 is 8.42 Å². The molecule has 2 atom stereocenters. The van der Waals surface area contributed by atoms with Gasteiger partial charge < -0.3 is 4.90 Å². The first-order chi connectivity index (χ1) is 9.98. The molecule has 0 bridgehead atoms. The van der Waals surface area contributed by atoms with Crippen LogP contribution >= 0.6 is 15.9 Å². The van der Waals surface area contributed by atoms with Crippen molar-refractivity contribution in [2.24, 2.45) is 5.92 Å². The third-order valence-corrected chi connectivity index (χ3v) is 7.10. The topological polar surface area (TPSA) is 40.6 Å². The van der Waals surface area contributed by atoms with E-state index in [-0.39, 0.29) is 0 Å². The molecule has 0 N–H and O–H groups in total. The first-order valence-electron chi connectivity index (χ1n) is 7.44. The molecule has 0 amide bonds. The first kappa shape index (κ1) is 15.5. The number of rotatable bonds is 2. The highest BCUT2D eigenvalue weighted by Gasteiger charge is 2.38. The molecule has 2 saturated heterocycles. The third kappa shape index (κ3) is 3.04. The van der Waals surface area contributed by atoms with Gasteiger partial charge >= 0.3 is 0 Å². The fourth-order valence-electron chi connectivity index (χ4n) is 3.61. The van der Waals surface area contributed by atoms with Gasteiger partial charge in [0.15, 0.2) is 0 Å². The molecule has 6 heteroatoms. The summed E-state index contributed by atoms with van der Waals surface area (Å²) in [6.07, 6.45) is 3.25. The fraction of sp³-hybridized carbons (Fsp3) is 0.600. The van der Waals surface area contributed by atoms with Crippen molar-refractivity contribution >= 4 is 26.0 Å². The van der Waals surface area contributed by atoms with E-state index in [1.54, 1.807) is 22.5 Å². The van der Waals surface area contributed by atoms with Gasteiger partial charge in [0.2, 0.25) is 10.0 Å². The second-order valence-corrected chi connectivity index (χ2v) is 8.91. The number of benzene rings is 1. The summed E-state index contributed by atoms with van der Waals surface area (Å²) in [4.78, 5) is 2.79. The van der Waals surface area contributed by atoms with Crippen molar-refractivity contribution in [2.75, 3.05) is 26.7 Å². The Kier molecular flexibility index (Phi) is 4.41. The minimum Gasteiger partial charge on any atom is -0.303 e. The van der Waals surface area contributed by atoms with Gasteiger partial charge in [0.1, 0.15) is 0 Å². The zero-order valence-electron chi connectivity index (χ0n) is 12.2. The minimum absolute atomic E-state index is 0.388. The van der Waals surface area contributed by atoms with Gasteiger partial charge in [-0.2, -0.15) is 4.31 Å². The zero-order valence-corrected chi connectivity index (χ0v) is 14.6. The van der Waals surface area contributed by atoms with Crippen LogP contribution in [-0.2, 0) is 10.0 Å². The highest BCUT2D eigenvalue weighted by Crippen LogP contribution is 2.32. The van der Waals surface area contributed by atoms with Crippen molar-refractivity contribution in [3.63, 3.8) is 0 Å². The molecule has 3 rings (SSSR count). The molecule has 4 nitrogen and oxygen atoms in total. The lowest BCUT2D eigenvalue weighted by Gasteiger charge is -2.45. The van der Waals surface area contributed by atoms with Crippen LogP contribution in [0.1, 0.15) is 19.3 Å². The Bertz CT molecular complexity index is 620. The normalized spacial score (nSPS) is 28.3. The molecule has 2 aliphatic heterocycles. The van der Waals surface area contributed by atoms with Crippen molar-refractivity contribution in [2.45, 2.75) is 30.2 Å². The SMILES string of the molecule is CN1CCCC2CN(S(=O)(=O)c3cccc(Br)c3)CCC21. The molecule has 0 spiro atoms. The number of sulfonamides is 1. The zero-order chi connectivity index (χ0) is 15.0. The van der Waals surface area contributed by atoms with Crippen LogP contribution in [0.2, 0.25) is 0 Å². The molecule has 21 heavy (non-hydrogen) atoms. The molecule has 0 aliphatic carbocycles. The minimum atomic E-state index is -3.37. The van der Waals surface area contributed by atoms with E-state index in [9.17, 15) is 8.42 Å². The first-order valence-corrected chi connectivity index (χ1v) is 9.68. The Morgan fingerprint density at radius 3 is 2.81 bits per heavy atom. The Balaban J connectivity index is 1.81. The molecular formula is C15H21BrN2O2S. The molecule has 0 saturated carbocycles. The highest BCUT2D eigenvalue weighted by atomic mass is 79.9. The maximum absolute atomic E-state index is 12.8. The van der Waals surface area contributed by atoms with Crippen LogP contribution in [0.15, 0.2) is 33.6 Å². The van der Waals surface area contributed by atoms with Gasteiger partial charge in [-0.25, -0.2) is 8.42 Å². The van der Waals surface area contributed by atoms with Gasteiger partial charge in [-0.3, -0.25) is 0 Å². The number of halogens is 1. The van der Waals surface area contributed by atoms with E-state index in [1.807, 2.05) is 6.07 Å². The van der Waals surface area contributed by atoms with Crippen LogP contribution in [0.4, 0.5) is 0 Å². The van der Waals surface area contributed by atoms with E-state index in [0.29, 0.717) is 29.9 Å². The quantitative estimate of drug-likeness (QED) is 0.800. The monoisotopic (exact) mass is 372 g/mol. The van der Waals surface area contributed by atoms with Crippen LogP contribution in [0.3, 0.4) is 0 Å². The number of nitrogens with zero attached hydrogens (tertiary/aromatic N) is 2. The predicted octanol–water partition coefficient (Wildman–Crippen LogP) is 2.55. The summed E-state index contributed by atoms with van der Waals surface area (Å²) in [6.45, 7) is 2.42. The van der Waals surface area contributed by atoms with Crippen LogP contribution in [0.5, 0.6) is 0 Å². The van der Waals surface area contributed by atoms with Gasteiger partial charge in [-0.05, 0) is 57.0 Å². The molecule has 2 unspecified atom stereocenters. The smallest absolute Gasteiger partial charge is 0.243 e. The fourth-order valence-corrected chi connectivity index (χ4v) is 5.72. The van der Waals surface area contributed by atoms with Gasteiger partial charge in [0.25, 0.3) is 0 Å². The van der Waals surface area contributed by atoms with Crippen LogP contribution < -0.4 is 0 Å². The van der Waals surface area contributed by atoms with Crippen LogP contribution in [0, 0.1) is 5.92 Å². The number of fused-ring (bicyclic) bond motifs is 1. The van der Waals surface area contributed by atoms with Crippen molar-refractivity contribution in [1.82, 2.24) is 9.21 Å². The van der Waals surface area contributed by atoms with Gasteiger partial charge in [0.05, 0.1) is 4.90 Å². The van der Waals surface area contributed by atoms with E-state index in [1.165, 1.54) is 6.42 Å². The van der Waals surface area contributed by atoms with Gasteiger partial charge in [-0.15, -0.1) is 0 Å².